The number of nitrogens with zero attached hydrogens (tertiary/aromatic N) is 2. The Morgan fingerprint density at radius 3 is 2.76 bits per heavy atom. The summed E-state index contributed by atoms with van der Waals surface area (Å²) in [5, 5.41) is 8.89. The van der Waals surface area contributed by atoms with Crippen molar-refractivity contribution in [2.24, 2.45) is 11.7 Å². The van der Waals surface area contributed by atoms with Crippen LogP contribution in [0.2, 0.25) is 0 Å². The highest BCUT2D eigenvalue weighted by Crippen LogP contribution is 2.13. The fraction of sp³-hybridized carbons (Fsp3) is 0.412. The summed E-state index contributed by atoms with van der Waals surface area (Å²) in [4.78, 5) is 14.2. The molecule has 0 aromatic heterocycles. The summed E-state index contributed by atoms with van der Waals surface area (Å²) in [6.45, 7) is 6.96. The average molecular weight is 283 g/mol. The minimum Gasteiger partial charge on any atom is -0.338 e. The van der Waals surface area contributed by atoms with Gasteiger partial charge in [-0.25, -0.2) is 0 Å². The quantitative estimate of drug-likeness (QED) is 0.858. The van der Waals surface area contributed by atoms with Gasteiger partial charge in [0.25, 0.3) is 5.91 Å². The van der Waals surface area contributed by atoms with Gasteiger partial charge < -0.3 is 10.6 Å². The number of rotatable bonds is 4. The number of aryl methyl sites for hydroxylation is 1. The zero-order valence-electron chi connectivity index (χ0n) is 12.8. The lowest BCUT2D eigenvalue weighted by Gasteiger charge is -2.22. The molecular formula is C17H21N3O. The Hall–Kier alpha value is -2.30. The van der Waals surface area contributed by atoms with E-state index in [0.717, 1.165) is 11.1 Å². The fourth-order valence-corrected chi connectivity index (χ4v) is 1.95. The lowest BCUT2D eigenvalue weighted by Crippen LogP contribution is -2.34. The number of nitriles is 1. The highest BCUT2D eigenvalue weighted by molar-refractivity contribution is 5.94. The van der Waals surface area contributed by atoms with Gasteiger partial charge in [-0.3, -0.25) is 4.79 Å². The first-order chi connectivity index (χ1) is 10.0. The van der Waals surface area contributed by atoms with Gasteiger partial charge in [-0.1, -0.05) is 17.9 Å². The van der Waals surface area contributed by atoms with E-state index in [2.05, 4.69) is 17.9 Å². The predicted octanol–water partition coefficient (Wildman–Crippen LogP) is 1.93. The van der Waals surface area contributed by atoms with Crippen LogP contribution in [0.5, 0.6) is 0 Å². The molecule has 0 bridgehead atoms. The second kappa shape index (κ2) is 8.09. The van der Waals surface area contributed by atoms with Crippen molar-refractivity contribution in [2.45, 2.75) is 20.8 Å². The number of amides is 1. The van der Waals surface area contributed by atoms with Crippen LogP contribution in [-0.2, 0) is 0 Å². The first kappa shape index (κ1) is 16.8. The van der Waals surface area contributed by atoms with Crippen molar-refractivity contribution in [1.82, 2.24) is 4.90 Å². The number of carbonyl (C=O) groups is 1. The first-order valence-corrected chi connectivity index (χ1v) is 7.02. The van der Waals surface area contributed by atoms with E-state index in [1.54, 1.807) is 17.0 Å². The number of hydrogen-bond donors (Lipinski definition) is 1. The third-order valence-electron chi connectivity index (χ3n) is 3.19. The number of hydrogen-bond acceptors (Lipinski definition) is 3. The van der Waals surface area contributed by atoms with E-state index in [1.807, 2.05) is 26.8 Å². The Morgan fingerprint density at radius 2 is 2.19 bits per heavy atom. The molecule has 21 heavy (non-hydrogen) atoms. The van der Waals surface area contributed by atoms with Crippen LogP contribution in [0.1, 0.15) is 35.3 Å². The Morgan fingerprint density at radius 1 is 1.48 bits per heavy atom. The molecule has 0 aliphatic carbocycles. The highest BCUT2D eigenvalue weighted by atomic mass is 16.2. The maximum Gasteiger partial charge on any atom is 0.253 e. The first-order valence-electron chi connectivity index (χ1n) is 7.02. The van der Waals surface area contributed by atoms with Crippen molar-refractivity contribution in [2.75, 3.05) is 19.6 Å². The third kappa shape index (κ3) is 4.63. The summed E-state index contributed by atoms with van der Waals surface area (Å²) in [6, 6.07) is 7.63. The van der Waals surface area contributed by atoms with Crippen molar-refractivity contribution in [3.05, 3.63) is 34.9 Å². The van der Waals surface area contributed by atoms with Gasteiger partial charge in [0.2, 0.25) is 0 Å². The molecule has 0 radical (unpaired) electrons. The van der Waals surface area contributed by atoms with Crippen molar-refractivity contribution >= 4 is 5.91 Å². The summed E-state index contributed by atoms with van der Waals surface area (Å²) in [6.07, 6.45) is 0. The molecule has 1 unspecified atom stereocenters. The molecule has 0 heterocycles. The predicted molar refractivity (Wildman–Crippen MR) is 83.5 cm³/mol. The van der Waals surface area contributed by atoms with Gasteiger partial charge in [-0.05, 0) is 38.5 Å². The second-order valence-electron chi connectivity index (χ2n) is 4.91. The van der Waals surface area contributed by atoms with E-state index < -0.39 is 0 Å². The Labute approximate surface area is 126 Å². The molecule has 0 fully saturated rings. The van der Waals surface area contributed by atoms with Gasteiger partial charge >= 0.3 is 0 Å². The molecule has 1 amide bonds. The Kier molecular flexibility index (Phi) is 6.46. The topological polar surface area (TPSA) is 70.1 Å². The smallest absolute Gasteiger partial charge is 0.253 e. The van der Waals surface area contributed by atoms with E-state index in [9.17, 15) is 4.79 Å². The third-order valence-corrected chi connectivity index (χ3v) is 3.19. The zero-order valence-corrected chi connectivity index (χ0v) is 12.8. The van der Waals surface area contributed by atoms with Crippen molar-refractivity contribution in [1.29, 1.82) is 5.26 Å². The summed E-state index contributed by atoms with van der Waals surface area (Å²) in [7, 11) is 0. The monoisotopic (exact) mass is 283 g/mol. The average Bonchev–Trinajstić information content (AvgIpc) is 2.50. The molecule has 4 heteroatoms. The summed E-state index contributed by atoms with van der Waals surface area (Å²) < 4.78 is 0. The molecule has 1 aromatic rings. The molecule has 0 spiro atoms. The molecule has 1 aromatic carbocycles. The minimum atomic E-state index is -0.184. The van der Waals surface area contributed by atoms with E-state index in [-0.39, 0.29) is 11.8 Å². The number of nitrogens with two attached hydrogens (primary N) is 1. The molecular weight excluding hydrogens is 262 g/mol. The van der Waals surface area contributed by atoms with Gasteiger partial charge in [-0.2, -0.15) is 5.26 Å². The maximum atomic E-state index is 12.5. The summed E-state index contributed by atoms with van der Waals surface area (Å²) >= 11 is 0. The van der Waals surface area contributed by atoms with Gasteiger partial charge in [0, 0.05) is 24.2 Å². The molecule has 0 saturated carbocycles. The van der Waals surface area contributed by atoms with Crippen molar-refractivity contribution in [3.63, 3.8) is 0 Å². The van der Waals surface area contributed by atoms with E-state index in [0.29, 0.717) is 25.2 Å². The summed E-state index contributed by atoms with van der Waals surface area (Å²) in [5.74, 6) is 5.53. The van der Waals surface area contributed by atoms with Crippen LogP contribution in [0.15, 0.2) is 18.2 Å². The van der Waals surface area contributed by atoms with Crippen LogP contribution >= 0.6 is 0 Å². The van der Waals surface area contributed by atoms with Crippen LogP contribution in [0.4, 0.5) is 0 Å². The highest BCUT2D eigenvalue weighted by Gasteiger charge is 2.17. The van der Waals surface area contributed by atoms with Crippen molar-refractivity contribution < 1.29 is 4.79 Å². The Balaban J connectivity index is 3.03. The number of benzene rings is 1. The van der Waals surface area contributed by atoms with Crippen LogP contribution < -0.4 is 5.73 Å². The SMILES string of the molecule is CCN(CC(C)C#N)C(=O)c1ccc(C)c(C#CCN)c1. The van der Waals surface area contributed by atoms with Crippen LogP contribution in [0, 0.1) is 36.0 Å². The van der Waals surface area contributed by atoms with Crippen LogP contribution in [-0.4, -0.2) is 30.4 Å². The van der Waals surface area contributed by atoms with Crippen LogP contribution in [0.25, 0.3) is 0 Å². The van der Waals surface area contributed by atoms with Gasteiger partial charge in [-0.15, -0.1) is 0 Å². The normalized spacial score (nSPS) is 11.0. The maximum absolute atomic E-state index is 12.5. The summed E-state index contributed by atoms with van der Waals surface area (Å²) in [5.41, 5.74) is 7.81. The number of carbonyl (C=O) groups excluding carboxylic acids is 1. The molecule has 0 aliphatic heterocycles. The largest absolute Gasteiger partial charge is 0.338 e. The van der Waals surface area contributed by atoms with Gasteiger partial charge in [0.15, 0.2) is 0 Å². The zero-order chi connectivity index (χ0) is 15.8. The van der Waals surface area contributed by atoms with Gasteiger partial charge in [0.1, 0.15) is 0 Å². The van der Waals surface area contributed by atoms with Gasteiger partial charge in [0.05, 0.1) is 18.5 Å². The van der Waals surface area contributed by atoms with Crippen molar-refractivity contribution in [3.8, 4) is 17.9 Å². The molecule has 1 rings (SSSR count). The minimum absolute atomic E-state index is 0.0737. The molecule has 0 saturated heterocycles. The molecule has 1 atom stereocenters. The lowest BCUT2D eigenvalue weighted by molar-refractivity contribution is 0.0752. The lowest BCUT2D eigenvalue weighted by atomic mass is 10.0. The molecule has 2 N–H and O–H groups in total. The molecule has 4 nitrogen and oxygen atoms in total. The van der Waals surface area contributed by atoms with E-state index in [4.69, 9.17) is 11.0 Å². The van der Waals surface area contributed by atoms with Crippen LogP contribution in [0.3, 0.4) is 0 Å². The molecule has 110 valence electrons. The Bertz CT molecular complexity index is 605. The van der Waals surface area contributed by atoms with E-state index in [1.165, 1.54) is 0 Å². The molecule has 0 aliphatic rings. The van der Waals surface area contributed by atoms with E-state index >= 15 is 0 Å². The standard InChI is InChI=1S/C17H21N3O/c1-4-20(12-13(2)11-19)17(21)16-8-7-14(3)15(10-16)6-5-9-18/h7-8,10,13H,4,9,12,18H2,1-3H3. The fourth-order valence-electron chi connectivity index (χ4n) is 1.95. The second-order valence-corrected chi connectivity index (χ2v) is 4.91.